The summed E-state index contributed by atoms with van der Waals surface area (Å²) in [5, 5.41) is 17.1. The molecule has 0 bridgehead atoms. The highest BCUT2D eigenvalue weighted by Crippen LogP contribution is 2.21. The lowest BCUT2D eigenvalue weighted by atomic mass is 10.1. The van der Waals surface area contributed by atoms with Gasteiger partial charge in [-0.1, -0.05) is 54.6 Å². The fourth-order valence-corrected chi connectivity index (χ4v) is 4.25. The van der Waals surface area contributed by atoms with Crippen molar-refractivity contribution in [3.63, 3.8) is 0 Å². The van der Waals surface area contributed by atoms with Gasteiger partial charge in [0.15, 0.2) is 5.65 Å². The Labute approximate surface area is 192 Å². The molecule has 7 nitrogen and oxygen atoms in total. The van der Waals surface area contributed by atoms with Crippen molar-refractivity contribution in [1.82, 2.24) is 24.8 Å². The SMILES string of the molecule is O=C(NCc1ccc(CN2CCC(O)CC2)cc1)c1cnn2c(-c3ccccc3)ccnc12. The number of likely N-dealkylation sites (tertiary alicyclic amines) is 1. The van der Waals surface area contributed by atoms with E-state index in [1.807, 2.05) is 36.4 Å². The normalized spacial score (nSPS) is 15.1. The predicted molar refractivity (Wildman–Crippen MR) is 127 cm³/mol. The number of hydrogen-bond acceptors (Lipinski definition) is 5. The molecule has 2 aromatic heterocycles. The molecule has 7 heteroatoms. The Morgan fingerprint density at radius 3 is 2.48 bits per heavy atom. The first-order valence-electron chi connectivity index (χ1n) is 11.3. The van der Waals surface area contributed by atoms with Gasteiger partial charge in [0.25, 0.3) is 5.91 Å². The molecule has 1 aliphatic rings. The second-order valence-corrected chi connectivity index (χ2v) is 8.50. The summed E-state index contributed by atoms with van der Waals surface area (Å²) in [6.45, 7) is 3.18. The molecule has 0 radical (unpaired) electrons. The maximum atomic E-state index is 12.9. The first kappa shape index (κ1) is 21.3. The maximum Gasteiger partial charge on any atom is 0.257 e. The fourth-order valence-electron chi connectivity index (χ4n) is 4.25. The molecule has 1 fully saturated rings. The van der Waals surface area contributed by atoms with Gasteiger partial charge in [0.2, 0.25) is 0 Å². The number of piperidine rings is 1. The van der Waals surface area contributed by atoms with Crippen LogP contribution >= 0.6 is 0 Å². The van der Waals surface area contributed by atoms with Crippen molar-refractivity contribution < 1.29 is 9.90 Å². The van der Waals surface area contributed by atoms with Crippen LogP contribution < -0.4 is 5.32 Å². The Bertz CT molecular complexity index is 1230. The van der Waals surface area contributed by atoms with E-state index < -0.39 is 0 Å². The maximum absolute atomic E-state index is 12.9. The monoisotopic (exact) mass is 441 g/mol. The molecule has 5 rings (SSSR count). The largest absolute Gasteiger partial charge is 0.393 e. The minimum absolute atomic E-state index is 0.152. The molecule has 0 unspecified atom stereocenters. The number of fused-ring (bicyclic) bond motifs is 1. The Morgan fingerprint density at radius 1 is 1.00 bits per heavy atom. The summed E-state index contributed by atoms with van der Waals surface area (Å²) >= 11 is 0. The van der Waals surface area contributed by atoms with E-state index in [9.17, 15) is 9.90 Å². The topological polar surface area (TPSA) is 82.8 Å². The number of carbonyl (C=O) groups is 1. The zero-order valence-electron chi connectivity index (χ0n) is 18.4. The van der Waals surface area contributed by atoms with E-state index in [1.54, 1.807) is 16.9 Å². The van der Waals surface area contributed by atoms with Gasteiger partial charge in [0, 0.05) is 37.9 Å². The van der Waals surface area contributed by atoms with Crippen LogP contribution in [0.5, 0.6) is 0 Å². The Morgan fingerprint density at radius 2 is 1.73 bits per heavy atom. The average Bonchev–Trinajstić information content (AvgIpc) is 3.30. The fraction of sp³-hybridized carbons (Fsp3) is 0.269. The second-order valence-electron chi connectivity index (χ2n) is 8.50. The third-order valence-electron chi connectivity index (χ3n) is 6.15. The predicted octanol–water partition coefficient (Wildman–Crippen LogP) is 3.28. The molecule has 3 heterocycles. The van der Waals surface area contributed by atoms with Gasteiger partial charge in [-0.05, 0) is 30.0 Å². The van der Waals surface area contributed by atoms with Gasteiger partial charge in [-0.3, -0.25) is 9.69 Å². The minimum Gasteiger partial charge on any atom is -0.393 e. The number of carbonyl (C=O) groups excluding carboxylic acids is 1. The molecule has 0 aliphatic carbocycles. The van der Waals surface area contributed by atoms with Crippen LogP contribution in [-0.2, 0) is 13.1 Å². The standard InChI is InChI=1S/C26H27N5O2/c32-22-11-14-30(15-12-22)18-20-8-6-19(7-9-20)16-28-26(33)23-17-29-31-24(10-13-27-25(23)31)21-4-2-1-3-5-21/h1-10,13,17,22,32H,11-12,14-16,18H2,(H,28,33). The molecule has 0 atom stereocenters. The molecule has 1 aliphatic heterocycles. The number of aliphatic hydroxyl groups excluding tert-OH is 1. The molecule has 1 amide bonds. The van der Waals surface area contributed by atoms with Crippen molar-refractivity contribution in [2.45, 2.75) is 32.0 Å². The molecule has 2 N–H and O–H groups in total. The number of benzene rings is 2. The van der Waals surface area contributed by atoms with Gasteiger partial charge in [-0.2, -0.15) is 5.10 Å². The van der Waals surface area contributed by atoms with Crippen LogP contribution in [0.25, 0.3) is 16.9 Å². The zero-order valence-corrected chi connectivity index (χ0v) is 18.4. The number of hydrogen-bond donors (Lipinski definition) is 2. The smallest absolute Gasteiger partial charge is 0.257 e. The average molecular weight is 442 g/mol. The highest BCUT2D eigenvalue weighted by Gasteiger charge is 2.18. The lowest BCUT2D eigenvalue weighted by Gasteiger charge is -2.29. The van der Waals surface area contributed by atoms with E-state index in [0.29, 0.717) is 17.8 Å². The van der Waals surface area contributed by atoms with E-state index in [-0.39, 0.29) is 12.0 Å². The van der Waals surface area contributed by atoms with Crippen LogP contribution in [0.15, 0.2) is 73.1 Å². The molecule has 4 aromatic rings. The first-order valence-corrected chi connectivity index (χ1v) is 11.3. The molecule has 168 valence electrons. The van der Waals surface area contributed by atoms with Crippen molar-refractivity contribution in [3.8, 4) is 11.3 Å². The molecule has 2 aromatic carbocycles. The summed E-state index contributed by atoms with van der Waals surface area (Å²) in [7, 11) is 0. The highest BCUT2D eigenvalue weighted by atomic mass is 16.3. The highest BCUT2D eigenvalue weighted by molar-refractivity contribution is 5.99. The summed E-state index contributed by atoms with van der Waals surface area (Å²) in [6.07, 6.45) is 4.81. The number of aliphatic hydroxyl groups is 1. The van der Waals surface area contributed by atoms with Crippen molar-refractivity contribution in [2.24, 2.45) is 0 Å². The summed E-state index contributed by atoms with van der Waals surface area (Å²) in [5.74, 6) is -0.196. The van der Waals surface area contributed by atoms with Crippen molar-refractivity contribution >= 4 is 11.6 Å². The van der Waals surface area contributed by atoms with E-state index >= 15 is 0 Å². The summed E-state index contributed by atoms with van der Waals surface area (Å²) in [6, 6.07) is 20.1. The zero-order chi connectivity index (χ0) is 22.6. The Hall–Kier alpha value is -3.55. The van der Waals surface area contributed by atoms with Gasteiger partial charge < -0.3 is 10.4 Å². The summed E-state index contributed by atoms with van der Waals surface area (Å²) in [4.78, 5) is 19.6. The molecule has 1 saturated heterocycles. The lowest BCUT2D eigenvalue weighted by Crippen LogP contribution is -2.35. The van der Waals surface area contributed by atoms with Crippen LogP contribution in [0.2, 0.25) is 0 Å². The Balaban J connectivity index is 1.23. The molecular weight excluding hydrogens is 414 g/mol. The minimum atomic E-state index is -0.196. The number of amides is 1. The van der Waals surface area contributed by atoms with Gasteiger partial charge in [0.1, 0.15) is 5.56 Å². The van der Waals surface area contributed by atoms with Crippen LogP contribution in [0.3, 0.4) is 0 Å². The summed E-state index contributed by atoms with van der Waals surface area (Å²) < 4.78 is 1.71. The van der Waals surface area contributed by atoms with Crippen LogP contribution in [0.1, 0.15) is 34.3 Å². The second kappa shape index (κ2) is 9.52. The Kier molecular flexibility index (Phi) is 6.15. The number of rotatable bonds is 6. The van der Waals surface area contributed by atoms with E-state index in [1.165, 1.54) is 5.56 Å². The number of nitrogens with zero attached hydrogens (tertiary/aromatic N) is 4. The van der Waals surface area contributed by atoms with Crippen molar-refractivity contribution in [1.29, 1.82) is 0 Å². The van der Waals surface area contributed by atoms with Crippen molar-refractivity contribution in [3.05, 3.63) is 89.7 Å². The van der Waals surface area contributed by atoms with Crippen LogP contribution in [0.4, 0.5) is 0 Å². The quantitative estimate of drug-likeness (QED) is 0.480. The van der Waals surface area contributed by atoms with Crippen LogP contribution in [-0.4, -0.2) is 49.7 Å². The first-order chi connectivity index (χ1) is 16.2. The van der Waals surface area contributed by atoms with E-state index in [2.05, 4.69) is 44.6 Å². The lowest BCUT2D eigenvalue weighted by molar-refractivity contribution is 0.0792. The molecule has 0 saturated carbocycles. The molecule has 33 heavy (non-hydrogen) atoms. The van der Waals surface area contributed by atoms with Crippen LogP contribution in [0, 0.1) is 0 Å². The number of nitrogens with one attached hydrogen (secondary N) is 1. The van der Waals surface area contributed by atoms with Gasteiger partial charge in [-0.25, -0.2) is 9.50 Å². The van der Waals surface area contributed by atoms with E-state index in [4.69, 9.17) is 0 Å². The molecule has 0 spiro atoms. The van der Waals surface area contributed by atoms with E-state index in [0.717, 1.165) is 49.3 Å². The third kappa shape index (κ3) is 4.79. The van der Waals surface area contributed by atoms with Crippen molar-refractivity contribution in [2.75, 3.05) is 13.1 Å². The third-order valence-corrected chi connectivity index (χ3v) is 6.15. The van der Waals surface area contributed by atoms with Gasteiger partial charge in [0.05, 0.1) is 18.0 Å². The van der Waals surface area contributed by atoms with Gasteiger partial charge in [-0.15, -0.1) is 0 Å². The molecular formula is C26H27N5O2. The van der Waals surface area contributed by atoms with Gasteiger partial charge >= 0.3 is 0 Å². The number of aromatic nitrogens is 3. The summed E-state index contributed by atoms with van der Waals surface area (Å²) in [5.41, 5.74) is 5.17.